The molecule has 1 aromatic heterocycles. The molecule has 2 rings (SSSR count). The van der Waals surface area contributed by atoms with Crippen molar-refractivity contribution in [2.24, 2.45) is 10.8 Å². The van der Waals surface area contributed by atoms with Crippen LogP contribution in [-0.2, 0) is 28.8 Å². The van der Waals surface area contributed by atoms with E-state index in [1.807, 2.05) is 0 Å². The Morgan fingerprint density at radius 1 is 0.787 bits per heavy atom. The molecule has 0 bridgehead atoms. The smallest absolute Gasteiger partial charge is 0.336 e. The molecule has 0 aliphatic heterocycles. The van der Waals surface area contributed by atoms with E-state index in [0.717, 1.165) is 0 Å². The molecule has 0 unspecified atom stereocenters. The second-order valence-electron chi connectivity index (χ2n) is 14.0. The first-order valence-electron chi connectivity index (χ1n) is 15.2. The van der Waals surface area contributed by atoms with Gasteiger partial charge in [-0.2, -0.15) is 0 Å². The van der Waals surface area contributed by atoms with Gasteiger partial charge >= 0.3 is 5.63 Å². The summed E-state index contributed by atoms with van der Waals surface area (Å²) >= 11 is 0. The highest BCUT2D eigenvalue weighted by Gasteiger charge is 2.40. The van der Waals surface area contributed by atoms with Crippen LogP contribution in [0.5, 0.6) is 0 Å². The predicted molar refractivity (Wildman–Crippen MR) is 177 cm³/mol. The van der Waals surface area contributed by atoms with Crippen LogP contribution in [0.25, 0.3) is 11.0 Å². The standard InChI is InChI=1S/C33H48N6O8/c1-17-14-25(42)47-23-15-20(12-13-21(17)23)36-28(43)18(2)34-29(44)22(16-24(41)39(10)11)37-30(45)27(33(7,8)9)38-31(46)26(32(4,5)6)35-19(3)40/h12-15,18,22,26-27H,16H2,1-11H3,(H,34,44)(H,35,40)(H,36,43)(H,37,45)(H,38,46)/t18-,22-,26+,27+/m0/s1. The number of hydrogen-bond acceptors (Lipinski definition) is 8. The summed E-state index contributed by atoms with van der Waals surface area (Å²) in [6, 6.07) is 1.52. The maximum Gasteiger partial charge on any atom is 0.336 e. The lowest BCUT2D eigenvalue weighted by Gasteiger charge is -2.36. The van der Waals surface area contributed by atoms with Crippen molar-refractivity contribution in [1.29, 1.82) is 0 Å². The zero-order valence-corrected chi connectivity index (χ0v) is 29.0. The van der Waals surface area contributed by atoms with Crippen LogP contribution in [0.3, 0.4) is 0 Å². The Labute approximate surface area is 274 Å². The summed E-state index contributed by atoms with van der Waals surface area (Å²) in [7, 11) is 2.99. The largest absolute Gasteiger partial charge is 0.423 e. The number of carbonyl (C=O) groups is 6. The van der Waals surface area contributed by atoms with E-state index in [2.05, 4.69) is 26.6 Å². The number of nitrogens with one attached hydrogen (secondary N) is 5. The number of carbonyl (C=O) groups excluding carboxylic acids is 6. The minimum Gasteiger partial charge on any atom is -0.423 e. The van der Waals surface area contributed by atoms with E-state index in [9.17, 15) is 33.6 Å². The van der Waals surface area contributed by atoms with Crippen molar-refractivity contribution in [3.8, 4) is 0 Å². The molecule has 47 heavy (non-hydrogen) atoms. The molecule has 0 spiro atoms. The summed E-state index contributed by atoms with van der Waals surface area (Å²) in [6.45, 7) is 14.9. The number of amides is 6. The molecule has 0 saturated carbocycles. The second kappa shape index (κ2) is 15.2. The quantitative estimate of drug-likeness (QED) is 0.225. The monoisotopic (exact) mass is 656 g/mol. The lowest BCUT2D eigenvalue weighted by Crippen LogP contribution is -2.62. The van der Waals surface area contributed by atoms with Crippen molar-refractivity contribution in [1.82, 2.24) is 26.2 Å². The van der Waals surface area contributed by atoms with Crippen LogP contribution in [0.4, 0.5) is 5.69 Å². The van der Waals surface area contributed by atoms with E-state index in [1.54, 1.807) is 60.6 Å². The molecule has 0 saturated heterocycles. The lowest BCUT2D eigenvalue weighted by atomic mass is 9.83. The van der Waals surface area contributed by atoms with Crippen molar-refractivity contribution < 1.29 is 33.2 Å². The van der Waals surface area contributed by atoms with E-state index < -0.39 is 82.5 Å². The highest BCUT2D eigenvalue weighted by molar-refractivity contribution is 6.01. The summed E-state index contributed by atoms with van der Waals surface area (Å²) in [5.74, 6) is -3.63. The van der Waals surface area contributed by atoms with Gasteiger partial charge in [0.05, 0.1) is 6.42 Å². The molecule has 14 nitrogen and oxygen atoms in total. The number of rotatable bonds is 11. The van der Waals surface area contributed by atoms with E-state index in [4.69, 9.17) is 4.42 Å². The fraction of sp³-hybridized carbons (Fsp3) is 0.545. The van der Waals surface area contributed by atoms with Crippen molar-refractivity contribution in [3.05, 3.63) is 40.2 Å². The highest BCUT2D eigenvalue weighted by atomic mass is 16.4. The highest BCUT2D eigenvalue weighted by Crippen LogP contribution is 2.24. The van der Waals surface area contributed by atoms with Gasteiger partial charge in [0.25, 0.3) is 0 Å². The Bertz CT molecular complexity index is 1580. The predicted octanol–water partition coefficient (Wildman–Crippen LogP) is 1.59. The number of fused-ring (bicyclic) bond motifs is 1. The molecule has 1 heterocycles. The van der Waals surface area contributed by atoms with Gasteiger partial charge < -0.3 is 35.9 Å². The third kappa shape index (κ3) is 10.9. The summed E-state index contributed by atoms with van der Waals surface area (Å²) in [5, 5.41) is 13.8. The topological polar surface area (TPSA) is 196 Å². The molecule has 6 amide bonds. The maximum atomic E-state index is 13.7. The molecule has 1 aromatic carbocycles. The van der Waals surface area contributed by atoms with Gasteiger partial charge in [-0.3, -0.25) is 28.8 Å². The first kappa shape index (κ1) is 38.4. The third-order valence-electron chi connectivity index (χ3n) is 7.37. The summed E-state index contributed by atoms with van der Waals surface area (Å²) in [4.78, 5) is 91.0. The van der Waals surface area contributed by atoms with Crippen LogP contribution >= 0.6 is 0 Å². The summed E-state index contributed by atoms with van der Waals surface area (Å²) in [6.07, 6.45) is -0.427. The molecular weight excluding hydrogens is 608 g/mol. The summed E-state index contributed by atoms with van der Waals surface area (Å²) in [5.41, 5.74) is -0.761. The Morgan fingerprint density at radius 3 is 1.87 bits per heavy atom. The average Bonchev–Trinajstić information content (AvgIpc) is 2.92. The lowest BCUT2D eigenvalue weighted by molar-refractivity contribution is -0.138. The molecule has 14 heteroatoms. The van der Waals surface area contributed by atoms with Gasteiger partial charge in [-0.25, -0.2) is 4.79 Å². The molecule has 4 atom stereocenters. The number of benzene rings is 1. The van der Waals surface area contributed by atoms with E-state index in [0.29, 0.717) is 16.6 Å². The first-order chi connectivity index (χ1) is 21.5. The Kier molecular flexibility index (Phi) is 12.5. The molecular formula is C33H48N6O8. The molecule has 5 N–H and O–H groups in total. The van der Waals surface area contributed by atoms with E-state index >= 15 is 0 Å². The van der Waals surface area contributed by atoms with Crippen molar-refractivity contribution in [2.45, 2.75) is 92.9 Å². The average molecular weight is 657 g/mol. The van der Waals surface area contributed by atoms with Gasteiger partial charge in [-0.15, -0.1) is 0 Å². The van der Waals surface area contributed by atoms with E-state index in [1.165, 1.54) is 45.0 Å². The fourth-order valence-electron chi connectivity index (χ4n) is 4.63. The Morgan fingerprint density at radius 2 is 1.34 bits per heavy atom. The molecule has 0 aliphatic rings. The van der Waals surface area contributed by atoms with Crippen molar-refractivity contribution in [2.75, 3.05) is 19.4 Å². The number of hydrogen-bond donors (Lipinski definition) is 5. The van der Waals surface area contributed by atoms with Gasteiger partial charge in [-0.1, -0.05) is 41.5 Å². The molecule has 0 fully saturated rings. The number of nitrogens with zero attached hydrogens (tertiary/aromatic N) is 1. The molecule has 0 radical (unpaired) electrons. The normalized spacial score (nSPS) is 14.2. The molecule has 258 valence electrons. The summed E-state index contributed by atoms with van der Waals surface area (Å²) < 4.78 is 5.23. The Hall–Kier alpha value is -4.75. The zero-order chi connectivity index (χ0) is 36.0. The van der Waals surface area contributed by atoms with Crippen LogP contribution in [0, 0.1) is 17.8 Å². The third-order valence-corrected chi connectivity index (χ3v) is 7.37. The minimum atomic E-state index is -1.40. The van der Waals surface area contributed by atoms with Crippen LogP contribution in [-0.4, -0.2) is 78.6 Å². The van der Waals surface area contributed by atoms with Crippen molar-refractivity contribution >= 4 is 52.1 Å². The van der Waals surface area contributed by atoms with Gasteiger partial charge in [0.15, 0.2) is 0 Å². The second-order valence-corrected chi connectivity index (χ2v) is 14.0. The van der Waals surface area contributed by atoms with Gasteiger partial charge in [0.2, 0.25) is 35.4 Å². The van der Waals surface area contributed by atoms with E-state index in [-0.39, 0.29) is 5.58 Å². The first-order valence-corrected chi connectivity index (χ1v) is 15.2. The fourth-order valence-corrected chi connectivity index (χ4v) is 4.63. The van der Waals surface area contributed by atoms with Gasteiger partial charge in [0.1, 0.15) is 29.8 Å². The van der Waals surface area contributed by atoms with Crippen LogP contribution < -0.4 is 32.2 Å². The number of anilines is 1. The van der Waals surface area contributed by atoms with Crippen LogP contribution in [0.1, 0.15) is 67.4 Å². The zero-order valence-electron chi connectivity index (χ0n) is 29.0. The van der Waals surface area contributed by atoms with Crippen LogP contribution in [0.2, 0.25) is 0 Å². The molecule has 0 aliphatic carbocycles. The minimum absolute atomic E-state index is 0.279. The SMILES string of the molecule is CC(=O)N[C@H](C(=O)N[C@H](C(=O)N[C@@H](CC(=O)N(C)C)C(=O)N[C@@H](C)C(=O)Nc1ccc2c(C)cc(=O)oc2c1)C(C)(C)C)C(C)(C)C. The van der Waals surface area contributed by atoms with Gasteiger partial charge in [-0.05, 0) is 42.4 Å². The van der Waals surface area contributed by atoms with Gasteiger partial charge in [0, 0.05) is 44.2 Å². The van der Waals surface area contributed by atoms with Crippen LogP contribution in [0.15, 0.2) is 33.5 Å². The Balaban J connectivity index is 2.27. The maximum absolute atomic E-state index is 13.7. The number of aryl methyl sites for hydroxylation is 1. The van der Waals surface area contributed by atoms with Crippen molar-refractivity contribution in [3.63, 3.8) is 0 Å². The molecule has 2 aromatic rings.